The Morgan fingerprint density at radius 3 is 2.63 bits per heavy atom. The first-order valence-electron chi connectivity index (χ1n) is 9.92. The molecule has 1 aliphatic heterocycles. The van der Waals surface area contributed by atoms with Crippen LogP contribution in [-0.2, 0) is 11.3 Å². The lowest BCUT2D eigenvalue weighted by Crippen LogP contribution is -2.46. The van der Waals surface area contributed by atoms with Crippen LogP contribution >= 0.6 is 0 Å². The molecule has 0 atom stereocenters. The molecule has 0 aliphatic carbocycles. The van der Waals surface area contributed by atoms with Gasteiger partial charge in [-0.2, -0.15) is 0 Å². The van der Waals surface area contributed by atoms with Crippen LogP contribution in [0.5, 0.6) is 5.75 Å². The minimum Gasteiger partial charge on any atom is -0.482 e. The fourth-order valence-corrected chi connectivity index (χ4v) is 3.33. The molecule has 1 saturated heterocycles. The molecule has 0 saturated carbocycles. The van der Waals surface area contributed by atoms with E-state index in [4.69, 9.17) is 4.74 Å². The van der Waals surface area contributed by atoms with E-state index >= 15 is 0 Å². The van der Waals surface area contributed by atoms with Crippen LogP contribution < -0.4 is 15.0 Å². The second kappa shape index (κ2) is 9.80. The van der Waals surface area contributed by atoms with E-state index in [1.807, 2.05) is 6.07 Å². The second-order valence-corrected chi connectivity index (χ2v) is 7.04. The Labute approximate surface area is 175 Å². The average Bonchev–Trinajstić information content (AvgIpc) is 2.80. The Bertz CT molecular complexity index is 946. The highest BCUT2D eigenvalue weighted by atomic mass is 16.5. The summed E-state index contributed by atoms with van der Waals surface area (Å²) in [5.41, 5.74) is 1.33. The van der Waals surface area contributed by atoms with Crippen molar-refractivity contribution < 1.29 is 9.53 Å². The predicted molar refractivity (Wildman–Crippen MR) is 114 cm³/mol. The number of benzene rings is 1. The highest BCUT2D eigenvalue weighted by Crippen LogP contribution is 2.17. The van der Waals surface area contributed by atoms with Gasteiger partial charge in [0.05, 0.1) is 6.20 Å². The average molecular weight is 404 g/mol. The van der Waals surface area contributed by atoms with Crippen molar-refractivity contribution in [2.75, 3.05) is 43.0 Å². The third-order valence-corrected chi connectivity index (χ3v) is 4.87. The van der Waals surface area contributed by atoms with Gasteiger partial charge in [-0.25, -0.2) is 9.97 Å². The molecule has 8 heteroatoms. The van der Waals surface area contributed by atoms with Gasteiger partial charge in [0, 0.05) is 45.0 Å². The molecule has 4 rings (SSSR count). The number of carbonyl (C=O) groups excluding carboxylic acids is 1. The third-order valence-electron chi connectivity index (χ3n) is 4.87. The van der Waals surface area contributed by atoms with E-state index in [0.29, 0.717) is 11.6 Å². The van der Waals surface area contributed by atoms with Crippen molar-refractivity contribution in [3.05, 3.63) is 72.8 Å². The summed E-state index contributed by atoms with van der Waals surface area (Å²) >= 11 is 0. The molecule has 2 aromatic heterocycles. The van der Waals surface area contributed by atoms with Crippen molar-refractivity contribution in [1.29, 1.82) is 0 Å². The van der Waals surface area contributed by atoms with Crippen LogP contribution in [0.15, 0.2) is 67.3 Å². The SMILES string of the molecule is O=C(COc1cccnc1)Nc1cc(N2CCN(Cc3ccccc3)CC2)ncn1. The number of rotatable bonds is 7. The number of ether oxygens (including phenoxy) is 1. The number of nitrogens with one attached hydrogen (secondary N) is 1. The molecule has 8 nitrogen and oxygen atoms in total. The van der Waals surface area contributed by atoms with Gasteiger partial charge >= 0.3 is 0 Å². The first-order chi connectivity index (χ1) is 14.8. The normalized spacial score (nSPS) is 14.3. The Kier molecular flexibility index (Phi) is 6.46. The molecular weight excluding hydrogens is 380 g/mol. The molecule has 1 aromatic carbocycles. The van der Waals surface area contributed by atoms with E-state index in [9.17, 15) is 4.79 Å². The minimum atomic E-state index is -0.281. The minimum absolute atomic E-state index is 0.108. The van der Waals surface area contributed by atoms with E-state index in [1.165, 1.54) is 11.9 Å². The van der Waals surface area contributed by atoms with Crippen molar-refractivity contribution in [3.63, 3.8) is 0 Å². The molecule has 3 aromatic rings. The molecule has 0 unspecified atom stereocenters. The molecule has 0 spiro atoms. The van der Waals surface area contributed by atoms with E-state index in [2.05, 4.69) is 54.3 Å². The number of piperazine rings is 1. The summed E-state index contributed by atoms with van der Waals surface area (Å²) in [6.07, 6.45) is 4.69. The fourth-order valence-electron chi connectivity index (χ4n) is 3.33. The maximum Gasteiger partial charge on any atom is 0.263 e. The number of anilines is 2. The summed E-state index contributed by atoms with van der Waals surface area (Å²) in [4.78, 5) is 29.3. The van der Waals surface area contributed by atoms with Crippen molar-refractivity contribution in [1.82, 2.24) is 19.9 Å². The first kappa shape index (κ1) is 19.8. The van der Waals surface area contributed by atoms with Gasteiger partial charge in [0.25, 0.3) is 5.91 Å². The Balaban J connectivity index is 1.27. The summed E-state index contributed by atoms with van der Waals surface area (Å²) in [5.74, 6) is 1.54. The fraction of sp³-hybridized carbons (Fsp3) is 0.273. The largest absolute Gasteiger partial charge is 0.482 e. The molecule has 3 heterocycles. The molecule has 154 valence electrons. The number of hydrogen-bond acceptors (Lipinski definition) is 7. The zero-order chi connectivity index (χ0) is 20.6. The predicted octanol–water partition coefficient (Wildman–Crippen LogP) is 2.21. The number of aromatic nitrogens is 3. The van der Waals surface area contributed by atoms with Gasteiger partial charge in [-0.1, -0.05) is 30.3 Å². The molecule has 0 radical (unpaired) electrons. The Morgan fingerprint density at radius 2 is 1.87 bits per heavy atom. The van der Waals surface area contributed by atoms with E-state index in [1.54, 1.807) is 30.6 Å². The standard InChI is InChI=1S/C22H24N6O2/c29-22(16-30-19-7-4-8-23-14-19)26-20-13-21(25-17-24-20)28-11-9-27(10-12-28)15-18-5-2-1-3-6-18/h1-8,13-14,17H,9-12,15-16H2,(H,24,25,26,29). The van der Waals surface area contributed by atoms with Crippen LogP contribution in [0.25, 0.3) is 0 Å². The molecule has 30 heavy (non-hydrogen) atoms. The van der Waals surface area contributed by atoms with Crippen LogP contribution in [0.3, 0.4) is 0 Å². The number of pyridine rings is 1. The topological polar surface area (TPSA) is 83.5 Å². The van der Waals surface area contributed by atoms with Crippen LogP contribution in [-0.4, -0.2) is 58.5 Å². The van der Waals surface area contributed by atoms with Crippen LogP contribution in [0.1, 0.15) is 5.56 Å². The lowest BCUT2D eigenvalue weighted by Gasteiger charge is -2.35. The Hall–Kier alpha value is -3.52. The van der Waals surface area contributed by atoms with Crippen LogP contribution in [0, 0.1) is 0 Å². The highest BCUT2D eigenvalue weighted by Gasteiger charge is 2.19. The van der Waals surface area contributed by atoms with Crippen molar-refractivity contribution >= 4 is 17.5 Å². The van der Waals surface area contributed by atoms with E-state index in [-0.39, 0.29) is 12.5 Å². The summed E-state index contributed by atoms with van der Waals surface area (Å²) < 4.78 is 5.41. The van der Waals surface area contributed by atoms with Gasteiger partial charge in [0.15, 0.2) is 6.61 Å². The molecule has 1 fully saturated rings. The Morgan fingerprint density at radius 1 is 1.03 bits per heavy atom. The van der Waals surface area contributed by atoms with Crippen molar-refractivity contribution in [2.45, 2.75) is 6.54 Å². The van der Waals surface area contributed by atoms with Crippen LogP contribution in [0.2, 0.25) is 0 Å². The van der Waals surface area contributed by atoms with Crippen molar-refractivity contribution in [3.8, 4) is 5.75 Å². The van der Waals surface area contributed by atoms with E-state index < -0.39 is 0 Å². The number of amides is 1. The highest BCUT2D eigenvalue weighted by molar-refractivity contribution is 5.91. The van der Waals surface area contributed by atoms with Gasteiger partial charge < -0.3 is 15.0 Å². The molecule has 1 N–H and O–H groups in total. The van der Waals surface area contributed by atoms with Crippen molar-refractivity contribution in [2.24, 2.45) is 0 Å². The quantitative estimate of drug-likeness (QED) is 0.646. The monoisotopic (exact) mass is 404 g/mol. The van der Waals surface area contributed by atoms with Gasteiger partial charge in [-0.15, -0.1) is 0 Å². The number of nitrogens with zero attached hydrogens (tertiary/aromatic N) is 5. The van der Waals surface area contributed by atoms with Gasteiger partial charge in [-0.05, 0) is 17.7 Å². The maximum atomic E-state index is 12.2. The third kappa shape index (κ3) is 5.51. The van der Waals surface area contributed by atoms with Gasteiger partial charge in [0.1, 0.15) is 23.7 Å². The van der Waals surface area contributed by atoms with Gasteiger partial charge in [-0.3, -0.25) is 14.7 Å². The maximum absolute atomic E-state index is 12.2. The molecule has 1 amide bonds. The molecule has 1 aliphatic rings. The summed E-state index contributed by atoms with van der Waals surface area (Å²) in [7, 11) is 0. The molecule has 0 bridgehead atoms. The number of hydrogen-bond donors (Lipinski definition) is 1. The lowest BCUT2D eigenvalue weighted by atomic mass is 10.2. The van der Waals surface area contributed by atoms with E-state index in [0.717, 1.165) is 38.5 Å². The smallest absolute Gasteiger partial charge is 0.263 e. The van der Waals surface area contributed by atoms with Crippen LogP contribution in [0.4, 0.5) is 11.6 Å². The number of carbonyl (C=O) groups is 1. The first-order valence-corrected chi connectivity index (χ1v) is 9.92. The second-order valence-electron chi connectivity index (χ2n) is 7.04. The zero-order valence-corrected chi connectivity index (χ0v) is 16.6. The summed E-state index contributed by atoms with van der Waals surface area (Å²) in [5, 5.41) is 2.76. The summed E-state index contributed by atoms with van der Waals surface area (Å²) in [6.45, 7) is 4.52. The van der Waals surface area contributed by atoms with Gasteiger partial charge in [0.2, 0.25) is 0 Å². The summed E-state index contributed by atoms with van der Waals surface area (Å²) in [6, 6.07) is 15.8. The lowest BCUT2D eigenvalue weighted by molar-refractivity contribution is -0.118. The zero-order valence-electron chi connectivity index (χ0n) is 16.6. The molecular formula is C22H24N6O2.